The Morgan fingerprint density at radius 3 is 2.19 bits per heavy atom. The molecule has 0 N–H and O–H groups in total. The molecule has 0 atom stereocenters. The second-order valence-corrected chi connectivity index (χ2v) is 6.30. The minimum atomic E-state index is -1.52. The first-order valence-corrected chi connectivity index (χ1v) is 8.20. The van der Waals surface area contributed by atoms with Crippen molar-refractivity contribution < 1.29 is 17.6 Å². The Morgan fingerprint density at radius 1 is 1.14 bits per heavy atom. The van der Waals surface area contributed by atoms with Crippen molar-refractivity contribution in [2.24, 2.45) is 5.92 Å². The molecule has 0 saturated heterocycles. The SMILES string of the molecule is F/C=C(\F)c1c(F)cc(C2CCC(CCBr)CC2)cc1F. The predicted octanol–water partition coefficient (Wildman–Crippen LogP) is 6.26. The number of hydrogen-bond donors (Lipinski definition) is 0. The van der Waals surface area contributed by atoms with Crippen LogP contribution in [0, 0.1) is 17.6 Å². The Morgan fingerprint density at radius 2 is 1.71 bits per heavy atom. The lowest BCUT2D eigenvalue weighted by Gasteiger charge is -2.28. The third-order valence-corrected chi connectivity index (χ3v) is 4.69. The van der Waals surface area contributed by atoms with Crippen LogP contribution in [0.15, 0.2) is 18.5 Å². The van der Waals surface area contributed by atoms with E-state index in [1.54, 1.807) is 0 Å². The first-order valence-electron chi connectivity index (χ1n) is 7.08. The summed E-state index contributed by atoms with van der Waals surface area (Å²) in [6, 6.07) is 2.27. The molecule has 5 heteroatoms. The average Bonchev–Trinajstić information content (AvgIpc) is 2.47. The molecule has 0 nitrogen and oxygen atoms in total. The van der Waals surface area contributed by atoms with Gasteiger partial charge in [0, 0.05) is 5.33 Å². The van der Waals surface area contributed by atoms with E-state index in [9.17, 15) is 17.6 Å². The molecule has 0 radical (unpaired) electrons. The Kier molecular flexibility index (Phi) is 5.85. The summed E-state index contributed by atoms with van der Waals surface area (Å²) < 4.78 is 52.8. The molecule has 1 aliphatic rings. The topological polar surface area (TPSA) is 0 Å². The van der Waals surface area contributed by atoms with Gasteiger partial charge in [0.1, 0.15) is 18.0 Å². The lowest BCUT2D eigenvalue weighted by atomic mass is 9.77. The monoisotopic (exact) mass is 364 g/mol. The van der Waals surface area contributed by atoms with Crippen LogP contribution in [-0.2, 0) is 0 Å². The fraction of sp³-hybridized carbons (Fsp3) is 0.500. The molecule has 0 heterocycles. The minimum absolute atomic E-state index is 0.0899. The van der Waals surface area contributed by atoms with Crippen LogP contribution in [-0.4, -0.2) is 5.33 Å². The lowest BCUT2D eigenvalue weighted by Crippen LogP contribution is -2.14. The van der Waals surface area contributed by atoms with E-state index >= 15 is 0 Å². The molecule has 0 aliphatic heterocycles. The van der Waals surface area contributed by atoms with Crippen LogP contribution in [0.1, 0.15) is 49.1 Å². The van der Waals surface area contributed by atoms with Gasteiger partial charge in [-0.05, 0) is 61.6 Å². The molecule has 21 heavy (non-hydrogen) atoms. The van der Waals surface area contributed by atoms with Crippen LogP contribution in [0.5, 0.6) is 0 Å². The van der Waals surface area contributed by atoms with E-state index in [1.165, 1.54) is 0 Å². The number of alkyl halides is 1. The zero-order valence-corrected chi connectivity index (χ0v) is 13.1. The highest BCUT2D eigenvalue weighted by Crippen LogP contribution is 2.38. The van der Waals surface area contributed by atoms with Gasteiger partial charge in [-0.1, -0.05) is 15.9 Å². The highest BCUT2D eigenvalue weighted by atomic mass is 79.9. The van der Waals surface area contributed by atoms with Crippen LogP contribution >= 0.6 is 15.9 Å². The highest BCUT2D eigenvalue weighted by Gasteiger charge is 2.24. The third kappa shape index (κ3) is 3.87. The van der Waals surface area contributed by atoms with Crippen molar-refractivity contribution in [2.45, 2.75) is 38.0 Å². The molecule has 0 bridgehead atoms. The Bertz CT molecular complexity index is 496. The Balaban J connectivity index is 2.16. The standard InChI is InChI=1S/C16H17BrF4/c17-6-5-10-1-3-11(4-2-10)12-7-13(19)16(14(20)8-12)15(21)9-18/h7-11H,1-6H2/b15-9-. The van der Waals surface area contributed by atoms with E-state index in [4.69, 9.17) is 0 Å². The van der Waals surface area contributed by atoms with Gasteiger partial charge in [-0.2, -0.15) is 0 Å². The van der Waals surface area contributed by atoms with Gasteiger partial charge in [-0.15, -0.1) is 0 Å². The maximum atomic E-state index is 13.8. The number of benzene rings is 1. The molecule has 1 aromatic carbocycles. The van der Waals surface area contributed by atoms with Crippen molar-refractivity contribution in [1.82, 2.24) is 0 Å². The predicted molar refractivity (Wildman–Crippen MR) is 79.7 cm³/mol. The van der Waals surface area contributed by atoms with Crippen LogP contribution in [0.4, 0.5) is 17.6 Å². The fourth-order valence-corrected chi connectivity index (χ4v) is 3.70. The van der Waals surface area contributed by atoms with Crippen molar-refractivity contribution in [2.75, 3.05) is 5.33 Å². The fourth-order valence-electron chi connectivity index (χ4n) is 3.05. The van der Waals surface area contributed by atoms with Crippen molar-refractivity contribution in [3.05, 3.63) is 41.2 Å². The maximum Gasteiger partial charge on any atom is 0.164 e. The smallest absolute Gasteiger partial charge is 0.164 e. The molecule has 1 aliphatic carbocycles. The Hall–Kier alpha value is -0.840. The van der Waals surface area contributed by atoms with Gasteiger partial charge in [0.05, 0.1) is 5.56 Å². The molecular formula is C16H17BrF4. The van der Waals surface area contributed by atoms with Gasteiger partial charge in [0.15, 0.2) is 5.83 Å². The number of halogens is 5. The second-order valence-electron chi connectivity index (χ2n) is 5.51. The van der Waals surface area contributed by atoms with E-state index in [-0.39, 0.29) is 5.92 Å². The Labute approximate surface area is 130 Å². The molecule has 1 aromatic rings. The second kappa shape index (κ2) is 7.43. The maximum absolute atomic E-state index is 13.8. The van der Waals surface area contributed by atoms with E-state index in [0.717, 1.165) is 49.6 Å². The van der Waals surface area contributed by atoms with Crippen LogP contribution in [0.25, 0.3) is 5.83 Å². The summed E-state index contributed by atoms with van der Waals surface area (Å²) in [5.74, 6) is -2.86. The van der Waals surface area contributed by atoms with Crippen LogP contribution in [0.2, 0.25) is 0 Å². The van der Waals surface area contributed by atoms with Gasteiger partial charge in [0.25, 0.3) is 0 Å². The molecule has 0 amide bonds. The summed E-state index contributed by atoms with van der Waals surface area (Å²) in [5.41, 5.74) is -0.382. The summed E-state index contributed by atoms with van der Waals surface area (Å²) in [7, 11) is 0. The molecule has 0 unspecified atom stereocenters. The minimum Gasteiger partial charge on any atom is -0.212 e. The molecule has 2 rings (SSSR count). The van der Waals surface area contributed by atoms with E-state index < -0.39 is 29.4 Å². The molecule has 0 aromatic heterocycles. The quantitative estimate of drug-likeness (QED) is 0.436. The largest absolute Gasteiger partial charge is 0.212 e. The van der Waals surface area contributed by atoms with Gasteiger partial charge < -0.3 is 0 Å². The van der Waals surface area contributed by atoms with Crippen molar-refractivity contribution in [3.8, 4) is 0 Å². The van der Waals surface area contributed by atoms with E-state index in [1.807, 2.05) is 0 Å². The van der Waals surface area contributed by atoms with Crippen molar-refractivity contribution in [3.63, 3.8) is 0 Å². The molecular weight excluding hydrogens is 348 g/mol. The molecule has 0 spiro atoms. The van der Waals surface area contributed by atoms with Crippen molar-refractivity contribution in [1.29, 1.82) is 0 Å². The summed E-state index contributed by atoms with van der Waals surface area (Å²) >= 11 is 3.42. The van der Waals surface area contributed by atoms with Crippen molar-refractivity contribution >= 4 is 21.8 Å². The average molecular weight is 365 g/mol. The molecule has 1 fully saturated rings. The summed E-state index contributed by atoms with van der Waals surface area (Å²) in [6.07, 6.45) is 4.49. The zero-order valence-electron chi connectivity index (χ0n) is 11.5. The van der Waals surface area contributed by atoms with Gasteiger partial charge >= 0.3 is 0 Å². The zero-order chi connectivity index (χ0) is 15.4. The van der Waals surface area contributed by atoms with Crippen LogP contribution < -0.4 is 0 Å². The molecule has 1 saturated carbocycles. The van der Waals surface area contributed by atoms with E-state index in [2.05, 4.69) is 15.9 Å². The van der Waals surface area contributed by atoms with Crippen LogP contribution in [0.3, 0.4) is 0 Å². The van der Waals surface area contributed by atoms with Gasteiger partial charge in [-0.25, -0.2) is 17.6 Å². The summed E-state index contributed by atoms with van der Waals surface area (Å²) in [4.78, 5) is 0. The first kappa shape index (κ1) is 16.5. The normalized spacial score (nSPS) is 23.4. The van der Waals surface area contributed by atoms with Gasteiger partial charge in [-0.3, -0.25) is 0 Å². The number of rotatable bonds is 4. The third-order valence-electron chi connectivity index (χ3n) is 4.23. The molecule has 116 valence electrons. The highest BCUT2D eigenvalue weighted by molar-refractivity contribution is 9.09. The lowest BCUT2D eigenvalue weighted by molar-refractivity contribution is 0.320. The van der Waals surface area contributed by atoms with E-state index in [0.29, 0.717) is 11.5 Å². The van der Waals surface area contributed by atoms with Gasteiger partial charge in [0.2, 0.25) is 0 Å². The first-order chi connectivity index (χ1) is 10.1. The number of hydrogen-bond acceptors (Lipinski definition) is 0. The summed E-state index contributed by atoms with van der Waals surface area (Å²) in [6.45, 7) is 0. The summed E-state index contributed by atoms with van der Waals surface area (Å²) in [5, 5.41) is 0.967.